The van der Waals surface area contributed by atoms with Crippen molar-refractivity contribution in [2.24, 2.45) is 0 Å². The molecule has 0 radical (unpaired) electrons. The summed E-state index contributed by atoms with van der Waals surface area (Å²) >= 11 is 1.25. The van der Waals surface area contributed by atoms with Crippen LogP contribution in [-0.2, 0) is 0 Å². The first-order chi connectivity index (χ1) is 6.27. The van der Waals surface area contributed by atoms with Gasteiger partial charge >= 0.3 is 0 Å². The lowest BCUT2D eigenvalue weighted by molar-refractivity contribution is 0.219. The lowest BCUT2D eigenvalue weighted by atomic mass is 10.2. The van der Waals surface area contributed by atoms with Crippen LogP contribution in [0.25, 0.3) is 0 Å². The van der Waals surface area contributed by atoms with Crippen LogP contribution in [0.5, 0.6) is 0 Å². The van der Waals surface area contributed by atoms with E-state index in [0.717, 1.165) is 4.88 Å². The van der Waals surface area contributed by atoms with Gasteiger partial charge in [-0.2, -0.15) is 0 Å². The zero-order valence-corrected chi connectivity index (χ0v) is 7.78. The van der Waals surface area contributed by atoms with Crippen molar-refractivity contribution < 1.29 is 9.52 Å². The summed E-state index contributed by atoms with van der Waals surface area (Å²) in [5.41, 5.74) is 0.529. The number of hydrogen-bond acceptors (Lipinski definition) is 5. The normalized spacial score (nSPS) is 13.1. The van der Waals surface area contributed by atoms with Gasteiger partial charge in [0.05, 0.1) is 4.88 Å². The van der Waals surface area contributed by atoms with Gasteiger partial charge < -0.3 is 9.52 Å². The van der Waals surface area contributed by atoms with Gasteiger partial charge in [-0.25, -0.2) is 9.36 Å². The third kappa shape index (κ3) is 1.61. The Balaban J connectivity index is 2.28. The van der Waals surface area contributed by atoms with E-state index in [4.69, 9.17) is 4.42 Å². The fourth-order valence-corrected chi connectivity index (χ4v) is 1.60. The van der Waals surface area contributed by atoms with Crippen molar-refractivity contribution in [3.63, 3.8) is 0 Å². The summed E-state index contributed by atoms with van der Waals surface area (Å²) in [4.78, 5) is 4.80. The van der Waals surface area contributed by atoms with Crippen LogP contribution in [0.4, 0.5) is 0 Å². The molecule has 68 valence electrons. The topological polar surface area (TPSA) is 59.2 Å². The minimum Gasteiger partial charge on any atom is -0.449 e. The molecule has 1 unspecified atom stereocenters. The summed E-state index contributed by atoms with van der Waals surface area (Å²) in [5.74, 6) is 0.554. The lowest BCUT2D eigenvalue weighted by Gasteiger charge is -2.01. The van der Waals surface area contributed by atoms with Crippen LogP contribution in [0, 0.1) is 6.92 Å². The summed E-state index contributed by atoms with van der Waals surface area (Å²) < 4.78 is 8.90. The van der Waals surface area contributed by atoms with Crippen LogP contribution >= 0.6 is 11.5 Å². The first-order valence-electron chi connectivity index (χ1n) is 3.78. The number of aliphatic hydroxyl groups is 1. The van der Waals surface area contributed by atoms with Gasteiger partial charge in [0.15, 0.2) is 5.89 Å². The zero-order valence-electron chi connectivity index (χ0n) is 6.97. The Morgan fingerprint density at radius 2 is 2.46 bits per heavy atom. The van der Waals surface area contributed by atoms with Crippen molar-refractivity contribution in [2.45, 2.75) is 13.0 Å². The lowest BCUT2D eigenvalue weighted by Crippen LogP contribution is -1.96. The summed E-state index contributed by atoms with van der Waals surface area (Å²) in [7, 11) is 0. The van der Waals surface area contributed by atoms with E-state index < -0.39 is 6.10 Å². The molecule has 2 rings (SSSR count). The van der Waals surface area contributed by atoms with Crippen LogP contribution in [0.3, 0.4) is 0 Å². The van der Waals surface area contributed by atoms with E-state index in [2.05, 4.69) is 9.36 Å². The Morgan fingerprint density at radius 1 is 1.62 bits per heavy atom. The summed E-state index contributed by atoms with van der Waals surface area (Å²) in [6.45, 7) is 1.74. The summed E-state index contributed by atoms with van der Waals surface area (Å²) in [6, 6.07) is 1.76. The average molecular weight is 196 g/mol. The Hall–Kier alpha value is -1.20. The molecule has 0 aliphatic carbocycles. The predicted molar refractivity (Wildman–Crippen MR) is 47.4 cm³/mol. The van der Waals surface area contributed by atoms with E-state index >= 15 is 0 Å². The highest BCUT2D eigenvalue weighted by Crippen LogP contribution is 2.23. The second-order valence-electron chi connectivity index (χ2n) is 2.61. The largest absolute Gasteiger partial charge is 0.449 e. The highest BCUT2D eigenvalue weighted by molar-refractivity contribution is 7.05. The summed E-state index contributed by atoms with van der Waals surface area (Å²) in [5, 5.41) is 9.74. The molecule has 0 aromatic carbocycles. The van der Waals surface area contributed by atoms with Crippen molar-refractivity contribution in [1.29, 1.82) is 0 Å². The third-order valence-electron chi connectivity index (χ3n) is 1.64. The molecule has 5 heteroatoms. The minimum absolute atomic E-state index is 0.529. The Morgan fingerprint density at radius 3 is 3.00 bits per heavy atom. The minimum atomic E-state index is -0.718. The van der Waals surface area contributed by atoms with Crippen molar-refractivity contribution in [3.05, 3.63) is 35.0 Å². The number of aryl methyl sites for hydroxylation is 1. The molecule has 0 fully saturated rings. The molecular formula is C8H8N2O2S. The van der Waals surface area contributed by atoms with E-state index in [1.54, 1.807) is 19.2 Å². The number of aliphatic hydroxyl groups excluding tert-OH is 1. The number of hydrogen-bond donors (Lipinski definition) is 1. The molecule has 1 N–H and O–H groups in total. The van der Waals surface area contributed by atoms with Crippen molar-refractivity contribution in [3.8, 4) is 0 Å². The second kappa shape index (κ2) is 3.27. The Labute approximate surface area is 79.0 Å². The maximum Gasteiger partial charge on any atom is 0.191 e. The van der Waals surface area contributed by atoms with Gasteiger partial charge in [-0.3, -0.25) is 0 Å². The quantitative estimate of drug-likeness (QED) is 0.791. The molecule has 0 aliphatic rings. The monoisotopic (exact) mass is 196 g/mol. The average Bonchev–Trinajstić information content (AvgIpc) is 2.72. The van der Waals surface area contributed by atoms with E-state index in [9.17, 15) is 5.11 Å². The number of nitrogens with zero attached hydrogens (tertiary/aromatic N) is 2. The van der Waals surface area contributed by atoms with Crippen LogP contribution in [-0.4, -0.2) is 14.5 Å². The molecule has 2 aromatic heterocycles. The van der Waals surface area contributed by atoms with Gasteiger partial charge in [0.25, 0.3) is 0 Å². The zero-order chi connectivity index (χ0) is 9.26. The fraction of sp³-hybridized carbons (Fsp3) is 0.250. The second-order valence-corrected chi connectivity index (χ2v) is 3.47. The maximum absolute atomic E-state index is 9.74. The Kier molecular flexibility index (Phi) is 2.12. The number of oxazole rings is 1. The summed E-state index contributed by atoms with van der Waals surface area (Å²) in [6.07, 6.45) is 2.39. The SMILES string of the molecule is Cc1nc(C(O)c2ccns2)co1. The first kappa shape index (κ1) is 8.40. The molecule has 0 aliphatic heterocycles. The molecule has 2 heterocycles. The molecule has 0 amide bonds. The van der Waals surface area contributed by atoms with Gasteiger partial charge in [0.1, 0.15) is 18.1 Å². The van der Waals surface area contributed by atoms with Crippen LogP contribution in [0.1, 0.15) is 22.6 Å². The van der Waals surface area contributed by atoms with E-state index in [0.29, 0.717) is 11.6 Å². The van der Waals surface area contributed by atoms with Crippen molar-refractivity contribution in [2.75, 3.05) is 0 Å². The van der Waals surface area contributed by atoms with Gasteiger partial charge in [0.2, 0.25) is 0 Å². The molecule has 0 saturated carbocycles. The standard InChI is InChI=1S/C8H8N2O2S/c1-5-10-6(4-12-5)8(11)7-2-3-9-13-7/h2-4,8,11H,1H3. The third-order valence-corrected chi connectivity index (χ3v) is 2.44. The van der Waals surface area contributed by atoms with E-state index in [1.165, 1.54) is 17.8 Å². The van der Waals surface area contributed by atoms with Gasteiger partial charge in [0, 0.05) is 13.1 Å². The molecule has 13 heavy (non-hydrogen) atoms. The van der Waals surface area contributed by atoms with Crippen LogP contribution in [0.2, 0.25) is 0 Å². The molecule has 2 aromatic rings. The fourth-order valence-electron chi connectivity index (χ4n) is 1.02. The smallest absolute Gasteiger partial charge is 0.191 e. The number of aromatic nitrogens is 2. The molecular weight excluding hydrogens is 188 g/mol. The van der Waals surface area contributed by atoms with Crippen LogP contribution in [0.15, 0.2) is 22.9 Å². The van der Waals surface area contributed by atoms with Crippen LogP contribution < -0.4 is 0 Å². The molecule has 1 atom stereocenters. The molecule has 0 spiro atoms. The highest BCUT2D eigenvalue weighted by Gasteiger charge is 2.15. The Bertz CT molecular complexity index is 383. The maximum atomic E-state index is 9.74. The molecule has 0 bridgehead atoms. The van der Waals surface area contributed by atoms with Crippen molar-refractivity contribution >= 4 is 11.5 Å². The van der Waals surface area contributed by atoms with Gasteiger partial charge in [-0.1, -0.05) is 0 Å². The highest BCUT2D eigenvalue weighted by atomic mass is 32.1. The van der Waals surface area contributed by atoms with Gasteiger partial charge in [-0.05, 0) is 17.6 Å². The van der Waals surface area contributed by atoms with E-state index in [-0.39, 0.29) is 0 Å². The van der Waals surface area contributed by atoms with Gasteiger partial charge in [-0.15, -0.1) is 0 Å². The number of rotatable bonds is 2. The first-order valence-corrected chi connectivity index (χ1v) is 4.55. The predicted octanol–water partition coefficient (Wildman–Crippen LogP) is 1.52. The molecule has 0 saturated heterocycles. The molecule has 4 nitrogen and oxygen atoms in total. The van der Waals surface area contributed by atoms with E-state index in [1.807, 2.05) is 0 Å². The van der Waals surface area contributed by atoms with Crippen molar-refractivity contribution in [1.82, 2.24) is 9.36 Å².